The van der Waals surface area contributed by atoms with Crippen molar-refractivity contribution in [2.75, 3.05) is 32.8 Å². The molecule has 2 aliphatic rings. The average Bonchev–Trinajstić information content (AvgIpc) is 3.44. The van der Waals surface area contributed by atoms with Gasteiger partial charge in [0.15, 0.2) is 0 Å². The second kappa shape index (κ2) is 9.14. The normalized spacial score (nSPS) is 19.8. The Morgan fingerprint density at radius 3 is 2.69 bits per heavy atom. The Balaban J connectivity index is 1.33. The molecule has 0 saturated carbocycles. The van der Waals surface area contributed by atoms with Crippen LogP contribution < -0.4 is 4.74 Å². The van der Waals surface area contributed by atoms with Gasteiger partial charge in [0.05, 0.1) is 6.04 Å². The maximum absolute atomic E-state index is 11.8. The van der Waals surface area contributed by atoms with Crippen molar-refractivity contribution >= 4 is 28.9 Å². The van der Waals surface area contributed by atoms with Crippen LogP contribution in [0.1, 0.15) is 35.7 Å². The largest absolute Gasteiger partial charge is 0.491 e. The van der Waals surface area contributed by atoms with E-state index in [0.29, 0.717) is 23.9 Å². The zero-order chi connectivity index (χ0) is 22.1. The number of fused-ring (bicyclic) bond motifs is 3. The summed E-state index contributed by atoms with van der Waals surface area (Å²) in [5.74, 6) is 0.714. The lowest BCUT2D eigenvalue weighted by Gasteiger charge is -2.33. The summed E-state index contributed by atoms with van der Waals surface area (Å²) >= 11 is 6.23. The van der Waals surface area contributed by atoms with Gasteiger partial charge in [-0.2, -0.15) is 0 Å². The third-order valence-electron chi connectivity index (χ3n) is 6.57. The van der Waals surface area contributed by atoms with Crippen LogP contribution in [0, 0.1) is 0 Å². The Bertz CT molecular complexity index is 1090. The van der Waals surface area contributed by atoms with Gasteiger partial charge < -0.3 is 24.6 Å². The molecular formula is C25H28ClN3O3. The fourth-order valence-electron chi connectivity index (χ4n) is 5.01. The van der Waals surface area contributed by atoms with Crippen LogP contribution in [0.15, 0.2) is 42.5 Å². The number of aromatic amines is 1. The molecule has 168 valence electrons. The molecule has 1 fully saturated rings. The molecule has 3 heterocycles. The molecule has 32 heavy (non-hydrogen) atoms. The van der Waals surface area contributed by atoms with Gasteiger partial charge in [-0.25, -0.2) is 0 Å². The minimum atomic E-state index is -0.502. The zero-order valence-electron chi connectivity index (χ0n) is 18.0. The Hall–Kier alpha value is -2.54. The Labute approximate surface area is 192 Å². The van der Waals surface area contributed by atoms with Crippen molar-refractivity contribution in [2.45, 2.75) is 31.4 Å². The number of carbonyl (C=O) groups is 1. The van der Waals surface area contributed by atoms with Crippen molar-refractivity contribution in [1.29, 1.82) is 0 Å². The number of β-amino-alcohol motifs (C(OH)–C–C–N with tert-alkyl or cyclic N) is 1. The highest BCUT2D eigenvalue weighted by Crippen LogP contribution is 2.38. The molecule has 5 rings (SSSR count). The first-order valence-electron chi connectivity index (χ1n) is 11.3. The number of aromatic nitrogens is 1. The number of halogens is 1. The topological polar surface area (TPSA) is 68.8 Å². The fourth-order valence-corrected chi connectivity index (χ4v) is 5.18. The predicted molar refractivity (Wildman–Crippen MR) is 125 cm³/mol. The van der Waals surface area contributed by atoms with E-state index in [1.807, 2.05) is 47.4 Å². The van der Waals surface area contributed by atoms with Crippen LogP contribution in [0.5, 0.6) is 5.75 Å². The number of nitrogens with zero attached hydrogens (tertiary/aromatic N) is 2. The van der Waals surface area contributed by atoms with E-state index in [0.717, 1.165) is 48.1 Å². The third-order valence-corrected chi connectivity index (χ3v) is 6.80. The van der Waals surface area contributed by atoms with Crippen molar-refractivity contribution in [1.82, 2.24) is 14.8 Å². The zero-order valence-corrected chi connectivity index (χ0v) is 18.7. The van der Waals surface area contributed by atoms with Crippen LogP contribution >= 0.6 is 11.6 Å². The van der Waals surface area contributed by atoms with Crippen LogP contribution in [0.25, 0.3) is 10.9 Å². The fraction of sp³-hybridized carbons (Fsp3) is 0.400. The molecule has 2 unspecified atom stereocenters. The predicted octanol–water partition coefficient (Wildman–Crippen LogP) is 3.76. The molecule has 0 radical (unpaired) electrons. The van der Waals surface area contributed by atoms with E-state index in [4.69, 9.17) is 16.3 Å². The molecule has 2 atom stereocenters. The summed E-state index contributed by atoms with van der Waals surface area (Å²) in [6.07, 6.45) is 3.63. The third kappa shape index (κ3) is 4.22. The monoisotopic (exact) mass is 453 g/mol. The van der Waals surface area contributed by atoms with Crippen molar-refractivity contribution in [3.63, 3.8) is 0 Å². The van der Waals surface area contributed by atoms with Gasteiger partial charge >= 0.3 is 0 Å². The Morgan fingerprint density at radius 1 is 1.16 bits per heavy atom. The number of likely N-dealkylation sites (tertiary alicyclic amines) is 1. The van der Waals surface area contributed by atoms with E-state index in [1.165, 1.54) is 18.4 Å². The Morgan fingerprint density at radius 2 is 1.94 bits per heavy atom. The maximum Gasteiger partial charge on any atom is 0.210 e. The lowest BCUT2D eigenvalue weighted by atomic mass is 9.93. The molecule has 2 N–H and O–H groups in total. The summed E-state index contributed by atoms with van der Waals surface area (Å²) < 4.78 is 5.82. The highest BCUT2D eigenvalue weighted by atomic mass is 35.5. The molecule has 0 spiro atoms. The number of rotatable bonds is 7. The summed E-state index contributed by atoms with van der Waals surface area (Å²) in [6.45, 7) is 3.69. The number of ether oxygens (including phenoxy) is 1. The van der Waals surface area contributed by atoms with Gasteiger partial charge in [-0.05, 0) is 73.8 Å². The summed E-state index contributed by atoms with van der Waals surface area (Å²) in [7, 11) is 0. The minimum Gasteiger partial charge on any atom is -0.491 e. The van der Waals surface area contributed by atoms with E-state index >= 15 is 0 Å². The van der Waals surface area contributed by atoms with Gasteiger partial charge in [-0.15, -0.1) is 0 Å². The number of hydrogen-bond donors (Lipinski definition) is 2. The van der Waals surface area contributed by atoms with E-state index in [-0.39, 0.29) is 12.6 Å². The smallest absolute Gasteiger partial charge is 0.210 e. The number of aliphatic hydroxyl groups excluding tert-OH is 1. The molecule has 1 saturated heterocycles. The van der Waals surface area contributed by atoms with Crippen molar-refractivity contribution < 1.29 is 14.6 Å². The summed E-state index contributed by atoms with van der Waals surface area (Å²) in [6, 6.07) is 13.5. The molecular weight excluding hydrogens is 426 g/mol. The second-order valence-electron chi connectivity index (χ2n) is 8.74. The first kappa shape index (κ1) is 21.3. The highest BCUT2D eigenvalue weighted by molar-refractivity contribution is 6.31. The van der Waals surface area contributed by atoms with Crippen molar-refractivity contribution in [3.8, 4) is 5.75 Å². The SMILES string of the molecule is O=CN1CCc2c([nH]c3ccc(Cl)cc23)C1c1ccc(OCC(O)CN2CCCC2)cc1. The van der Waals surface area contributed by atoms with Gasteiger partial charge in [-0.3, -0.25) is 4.79 Å². The molecule has 3 aromatic rings. The van der Waals surface area contributed by atoms with Crippen LogP contribution in [0.2, 0.25) is 5.02 Å². The van der Waals surface area contributed by atoms with E-state index in [9.17, 15) is 9.90 Å². The molecule has 0 aliphatic carbocycles. The number of benzene rings is 2. The number of amides is 1. The molecule has 7 heteroatoms. The first-order valence-corrected chi connectivity index (χ1v) is 11.6. The molecule has 6 nitrogen and oxygen atoms in total. The standard InChI is InChI=1S/C25H28ClN3O3/c26-18-5-8-23-22(13-18)21-9-12-29(16-30)25(24(21)27-23)17-3-6-20(7-4-17)32-15-19(31)14-28-10-1-2-11-28/h3-8,13,16,19,25,27,31H,1-2,9-12,14-15H2. The number of aliphatic hydroxyl groups is 1. The first-order chi connectivity index (χ1) is 15.6. The van der Waals surface area contributed by atoms with Gasteiger partial charge in [0, 0.05) is 34.7 Å². The molecule has 2 aliphatic heterocycles. The number of carbonyl (C=O) groups excluding carboxylic acids is 1. The summed E-state index contributed by atoms with van der Waals surface area (Å²) in [5, 5.41) is 12.1. The second-order valence-corrected chi connectivity index (χ2v) is 9.18. The van der Waals surface area contributed by atoms with Gasteiger partial charge in [-0.1, -0.05) is 23.7 Å². The summed E-state index contributed by atoms with van der Waals surface area (Å²) in [4.78, 5) is 19.5. The lowest BCUT2D eigenvalue weighted by Crippen LogP contribution is -2.35. The Kier molecular flexibility index (Phi) is 6.09. The van der Waals surface area contributed by atoms with Crippen LogP contribution in [0.4, 0.5) is 0 Å². The number of hydrogen-bond acceptors (Lipinski definition) is 4. The van der Waals surface area contributed by atoms with Gasteiger partial charge in [0.25, 0.3) is 0 Å². The average molecular weight is 454 g/mol. The van der Waals surface area contributed by atoms with Crippen LogP contribution in [-0.2, 0) is 11.2 Å². The quantitative estimate of drug-likeness (QED) is 0.534. The van der Waals surface area contributed by atoms with E-state index in [1.54, 1.807) is 0 Å². The number of nitrogens with one attached hydrogen (secondary N) is 1. The van der Waals surface area contributed by atoms with Crippen molar-refractivity contribution in [2.24, 2.45) is 0 Å². The molecule has 1 amide bonds. The molecule has 1 aromatic heterocycles. The van der Waals surface area contributed by atoms with Crippen LogP contribution in [-0.4, -0.2) is 65.2 Å². The van der Waals surface area contributed by atoms with Crippen molar-refractivity contribution in [3.05, 3.63) is 64.3 Å². The maximum atomic E-state index is 11.8. The lowest BCUT2D eigenvalue weighted by molar-refractivity contribution is -0.120. The van der Waals surface area contributed by atoms with Crippen LogP contribution in [0.3, 0.4) is 0 Å². The van der Waals surface area contributed by atoms with Gasteiger partial charge in [0.2, 0.25) is 6.41 Å². The molecule has 0 bridgehead atoms. The van der Waals surface area contributed by atoms with E-state index < -0.39 is 6.10 Å². The summed E-state index contributed by atoms with van der Waals surface area (Å²) in [5.41, 5.74) is 4.30. The number of H-pyrrole nitrogens is 1. The van der Waals surface area contributed by atoms with Gasteiger partial charge in [0.1, 0.15) is 18.5 Å². The minimum absolute atomic E-state index is 0.183. The highest BCUT2D eigenvalue weighted by Gasteiger charge is 2.31. The van der Waals surface area contributed by atoms with E-state index in [2.05, 4.69) is 9.88 Å². The molecule has 2 aromatic carbocycles.